The summed E-state index contributed by atoms with van der Waals surface area (Å²) in [6.45, 7) is 2.48. The number of ether oxygens (including phenoxy) is 2. The van der Waals surface area contributed by atoms with Crippen LogP contribution < -0.4 is 20.1 Å². The number of anilines is 2. The van der Waals surface area contributed by atoms with Crippen molar-refractivity contribution in [1.29, 1.82) is 0 Å². The van der Waals surface area contributed by atoms with E-state index in [2.05, 4.69) is 63.1 Å². The van der Waals surface area contributed by atoms with Crippen LogP contribution in [0.3, 0.4) is 0 Å². The fourth-order valence-electron chi connectivity index (χ4n) is 7.11. The van der Waals surface area contributed by atoms with Gasteiger partial charge in [-0.15, -0.1) is 0 Å². The number of carboxylic acids is 4. The van der Waals surface area contributed by atoms with Crippen LogP contribution in [0.5, 0.6) is 11.8 Å². The average molecular weight is 1040 g/mol. The van der Waals surface area contributed by atoms with Crippen molar-refractivity contribution in [3.63, 3.8) is 0 Å². The predicted molar refractivity (Wildman–Crippen MR) is 268 cm³/mol. The Morgan fingerprint density at radius 3 is 1.28 bits per heavy atom. The Hall–Kier alpha value is -9.60. The van der Waals surface area contributed by atoms with Gasteiger partial charge in [-0.2, -0.15) is 39.4 Å². The van der Waals surface area contributed by atoms with Gasteiger partial charge in [-0.1, -0.05) is 12.1 Å². The molecule has 12 N–H and O–H groups in total. The number of nitrogens with one attached hydrogen (secondary N) is 2. The number of hydrogen-bond acceptors (Lipinski definition) is 16. The van der Waals surface area contributed by atoms with E-state index in [1.54, 1.807) is 30.8 Å². The van der Waals surface area contributed by atoms with Gasteiger partial charge < -0.3 is 57.0 Å². The molecule has 0 spiro atoms. The Balaban J connectivity index is 0.000000245. The molecule has 2 aliphatic rings. The maximum absolute atomic E-state index is 9.55. The van der Waals surface area contributed by atoms with E-state index in [9.17, 15) is 19.2 Å². The maximum Gasteiger partial charge on any atom is 0.328 e. The van der Waals surface area contributed by atoms with Crippen molar-refractivity contribution in [2.45, 2.75) is 37.8 Å². The van der Waals surface area contributed by atoms with Crippen LogP contribution in [0.4, 0.5) is 11.6 Å². The zero-order chi connectivity index (χ0) is 51.0. The second kappa shape index (κ2) is 27.9. The van der Waals surface area contributed by atoms with E-state index in [4.69, 9.17) is 29.9 Å². The normalized spacial score (nSPS) is 15.7. The first-order valence-corrected chi connectivity index (χ1v) is 22.3. The number of fused-ring (bicyclic) bond motifs is 2. The molecule has 4 atom stereocenters. The molecule has 8 aromatic heterocycles. The number of aryl methyl sites for hydroxylation is 2. The molecule has 27 nitrogen and oxygen atoms in total. The summed E-state index contributed by atoms with van der Waals surface area (Å²) in [4.78, 5) is 56.2. The van der Waals surface area contributed by atoms with E-state index in [0.717, 1.165) is 58.5 Å². The van der Waals surface area contributed by atoms with E-state index in [0.29, 0.717) is 86.0 Å². The lowest BCUT2D eigenvalue weighted by atomic mass is 10.2. The highest BCUT2D eigenvalue weighted by atomic mass is 16.5. The molecular weight excluding hydrogens is 981 g/mol. The van der Waals surface area contributed by atoms with Crippen LogP contribution in [0.1, 0.15) is 47.5 Å². The lowest BCUT2D eigenvalue weighted by Crippen LogP contribution is -2.09. The number of aliphatic carboxylic acids is 4. The summed E-state index contributed by atoms with van der Waals surface area (Å²) >= 11 is 0. The van der Waals surface area contributed by atoms with E-state index in [-0.39, 0.29) is 16.4 Å². The number of pyridine rings is 2. The van der Waals surface area contributed by atoms with Gasteiger partial charge in [0.15, 0.2) is 11.3 Å². The van der Waals surface area contributed by atoms with Gasteiger partial charge in [-0.3, -0.25) is 19.3 Å². The molecular formula is C48H56N14O13. The zero-order valence-electron chi connectivity index (χ0n) is 40.4. The molecule has 0 unspecified atom stereocenters. The second-order valence-electron chi connectivity index (χ2n) is 16.2. The highest BCUT2D eigenvalue weighted by molar-refractivity contribution is 5.90. The molecule has 2 fully saturated rings. The van der Waals surface area contributed by atoms with Crippen LogP contribution >= 0.6 is 0 Å². The molecule has 75 heavy (non-hydrogen) atoms. The second-order valence-corrected chi connectivity index (χ2v) is 16.2. The molecule has 2 aliphatic carbocycles. The molecule has 8 aromatic rings. The van der Waals surface area contributed by atoms with Gasteiger partial charge in [0.25, 0.3) is 0 Å². The smallest absolute Gasteiger partial charge is 0.328 e. The minimum absolute atomic E-state index is 0. The quantitative estimate of drug-likeness (QED) is 0.0671. The summed E-state index contributed by atoms with van der Waals surface area (Å²) in [6, 6.07) is 23.6. The third kappa shape index (κ3) is 17.9. The third-order valence-electron chi connectivity index (χ3n) is 10.7. The minimum atomic E-state index is -1.26. The molecule has 0 aromatic carbocycles. The van der Waals surface area contributed by atoms with Crippen molar-refractivity contribution >= 4 is 46.8 Å². The van der Waals surface area contributed by atoms with Gasteiger partial charge in [0.05, 0.1) is 50.1 Å². The molecule has 8 heterocycles. The van der Waals surface area contributed by atoms with E-state index in [1.807, 2.05) is 99.5 Å². The van der Waals surface area contributed by atoms with Gasteiger partial charge in [0, 0.05) is 123 Å². The van der Waals surface area contributed by atoms with Crippen LogP contribution in [0.2, 0.25) is 0 Å². The zero-order valence-corrected chi connectivity index (χ0v) is 40.4. The monoisotopic (exact) mass is 1040 g/mol. The fraction of sp³-hybridized carbons (Fsp3) is 0.250. The number of aromatic nitrogens is 12. The number of rotatable bonds is 18. The van der Waals surface area contributed by atoms with Crippen molar-refractivity contribution in [3.8, 4) is 11.8 Å². The number of hydrogen-bond donors (Lipinski definition) is 6. The van der Waals surface area contributed by atoms with Gasteiger partial charge in [-0.25, -0.2) is 19.2 Å². The predicted octanol–water partition coefficient (Wildman–Crippen LogP) is 2.25. The van der Waals surface area contributed by atoms with Gasteiger partial charge in [0.1, 0.15) is 11.6 Å². The van der Waals surface area contributed by atoms with E-state index in [1.165, 1.54) is 0 Å². The summed E-state index contributed by atoms with van der Waals surface area (Å²) in [5.41, 5.74) is 5.70. The molecule has 0 radical (unpaired) electrons. The summed E-state index contributed by atoms with van der Waals surface area (Å²) in [5, 5.41) is 55.5. The molecule has 396 valence electrons. The Labute approximate surface area is 426 Å². The summed E-state index contributed by atoms with van der Waals surface area (Å²) in [7, 11) is 3.81. The SMILES string of the molecule is Cn1ccc(CNc2cc(OC[C@H]3C[C@@H]3c3ccccn3)nc3ccnn23)n1.Cn1ccc(CNc2cc(OC[C@H]3C[C@@H]3c3ccccn3)nc3ccnn23)n1.O.O.O.O=C(O)/C=C/C(=O)O.O=C(O)/C=C/C(=O)O. The minimum Gasteiger partial charge on any atom is -0.478 e. The van der Waals surface area contributed by atoms with Crippen LogP contribution in [0, 0.1) is 11.8 Å². The summed E-state index contributed by atoms with van der Waals surface area (Å²) in [6.07, 6.45) is 15.5. The van der Waals surface area contributed by atoms with E-state index < -0.39 is 23.9 Å². The van der Waals surface area contributed by atoms with Gasteiger partial charge in [-0.05, 0) is 49.2 Å². The number of carboxylic acid groups (broad SMARTS) is 4. The van der Waals surface area contributed by atoms with Crippen molar-refractivity contribution < 1.29 is 65.5 Å². The molecule has 0 amide bonds. The first kappa shape index (κ1) is 58.0. The molecule has 10 rings (SSSR count). The lowest BCUT2D eigenvalue weighted by molar-refractivity contribution is -0.134. The Morgan fingerprint density at radius 1 is 0.573 bits per heavy atom. The van der Waals surface area contributed by atoms with Crippen LogP contribution in [0.15, 0.2) is 134 Å². The highest BCUT2D eigenvalue weighted by Crippen LogP contribution is 2.47. The molecule has 0 saturated heterocycles. The van der Waals surface area contributed by atoms with Crippen LogP contribution in [-0.2, 0) is 46.4 Å². The third-order valence-corrected chi connectivity index (χ3v) is 10.7. The van der Waals surface area contributed by atoms with Crippen molar-refractivity contribution in [1.82, 2.24) is 58.7 Å². The van der Waals surface area contributed by atoms with Crippen LogP contribution in [-0.4, -0.2) is 133 Å². The number of nitrogens with zero attached hydrogens (tertiary/aromatic N) is 12. The maximum atomic E-state index is 9.55. The number of carbonyl (C=O) groups is 4. The highest BCUT2D eigenvalue weighted by Gasteiger charge is 2.40. The standard InChI is InChI=1S/2C20H21N7O.2C4H4O4.3H2O/c2*1-26-9-6-15(25-26)12-22-19-11-20(24-18-5-8-23-27(18)19)28-13-14-10-16(14)17-4-2-3-7-21-17;2*5-3(6)1-2-4(7)8;;;/h2*2-9,11,14,16,22H,10,12-13H2,1H3;2*1-2H,(H,5,6)(H,7,8);3*1H2/b;;2*2-1+;;;/t2*14-,16+;;;;;/m11...../s1. The van der Waals surface area contributed by atoms with Gasteiger partial charge in [0.2, 0.25) is 11.8 Å². The molecule has 0 bridgehead atoms. The van der Waals surface area contributed by atoms with E-state index >= 15 is 0 Å². The largest absolute Gasteiger partial charge is 0.478 e. The Morgan fingerprint density at radius 2 is 0.960 bits per heavy atom. The van der Waals surface area contributed by atoms with Crippen molar-refractivity contribution in [3.05, 3.63) is 157 Å². The van der Waals surface area contributed by atoms with Crippen LogP contribution in [0.25, 0.3) is 11.3 Å². The lowest BCUT2D eigenvalue weighted by Gasteiger charge is -2.10. The fourth-order valence-corrected chi connectivity index (χ4v) is 7.11. The molecule has 0 aliphatic heterocycles. The molecule has 27 heteroatoms. The molecule has 2 saturated carbocycles. The first-order valence-electron chi connectivity index (χ1n) is 22.3. The Kier molecular flexibility index (Phi) is 21.5. The average Bonchev–Trinajstić information content (AvgIpc) is 3.97. The Bertz CT molecular complexity index is 2920. The topological polar surface area (TPSA) is 408 Å². The van der Waals surface area contributed by atoms with Crippen molar-refractivity contribution in [2.75, 3.05) is 23.8 Å². The first-order chi connectivity index (χ1) is 34.8. The van der Waals surface area contributed by atoms with Gasteiger partial charge >= 0.3 is 23.9 Å². The summed E-state index contributed by atoms with van der Waals surface area (Å²) < 4.78 is 19.1. The van der Waals surface area contributed by atoms with Crippen molar-refractivity contribution in [2.24, 2.45) is 25.9 Å². The summed E-state index contributed by atoms with van der Waals surface area (Å²) in [5.74, 6) is -0.222.